The molecule has 2 aromatic heterocycles. The van der Waals surface area contributed by atoms with E-state index in [1.54, 1.807) is 6.07 Å². The Hall–Kier alpha value is -2.93. The third-order valence-corrected chi connectivity index (χ3v) is 5.73. The van der Waals surface area contributed by atoms with Crippen molar-refractivity contribution in [2.45, 2.75) is 40.2 Å². The third-order valence-electron chi connectivity index (χ3n) is 5.73. The number of nitrogens with one attached hydrogen (secondary N) is 2. The molecule has 0 bridgehead atoms. The molecule has 3 rings (SSSR count). The molecule has 0 fully saturated rings. The van der Waals surface area contributed by atoms with Crippen LogP contribution in [0.15, 0.2) is 36.4 Å². The van der Waals surface area contributed by atoms with Crippen molar-refractivity contribution in [1.29, 1.82) is 0 Å². The first kappa shape index (κ1) is 21.8. The van der Waals surface area contributed by atoms with Gasteiger partial charge in [0.2, 0.25) is 0 Å². The summed E-state index contributed by atoms with van der Waals surface area (Å²) < 4.78 is 1.83. The van der Waals surface area contributed by atoms with Crippen molar-refractivity contribution < 1.29 is 4.79 Å². The van der Waals surface area contributed by atoms with Crippen LogP contribution >= 0.6 is 0 Å². The smallest absolute Gasteiger partial charge is 0.269 e. The minimum Gasteiger partial charge on any atom is -0.349 e. The number of benzene rings is 1. The molecule has 7 nitrogen and oxygen atoms in total. The summed E-state index contributed by atoms with van der Waals surface area (Å²) in [5.41, 5.74) is 5.37. The summed E-state index contributed by atoms with van der Waals surface area (Å²) in [7, 11) is 1.91. The Labute approximate surface area is 178 Å². The number of carbonyl (C=O) groups excluding carboxylic acids is 1. The Morgan fingerprint density at radius 1 is 1.20 bits per heavy atom. The molecule has 1 amide bonds. The third kappa shape index (κ3) is 4.79. The Kier molecular flexibility index (Phi) is 7.05. The number of nitrogens with zero attached hydrogens (tertiary/aromatic N) is 4. The van der Waals surface area contributed by atoms with E-state index >= 15 is 0 Å². The zero-order valence-electron chi connectivity index (χ0n) is 18.6. The number of carbonyl (C=O) groups is 1. The molecule has 2 N–H and O–H groups in total. The molecule has 0 saturated carbocycles. The highest BCUT2D eigenvalue weighted by Gasteiger charge is 2.20. The fourth-order valence-corrected chi connectivity index (χ4v) is 3.97. The van der Waals surface area contributed by atoms with Crippen LogP contribution < -0.4 is 5.32 Å². The van der Waals surface area contributed by atoms with Gasteiger partial charge in [0.05, 0.1) is 11.4 Å². The van der Waals surface area contributed by atoms with E-state index < -0.39 is 0 Å². The Bertz CT molecular complexity index is 971. The highest BCUT2D eigenvalue weighted by molar-refractivity contribution is 5.93. The lowest BCUT2D eigenvalue weighted by Crippen LogP contribution is -2.45. The summed E-state index contributed by atoms with van der Waals surface area (Å²) in [5.74, 6) is -0.141. The van der Waals surface area contributed by atoms with Crippen molar-refractivity contribution in [2.75, 3.05) is 19.6 Å². The zero-order valence-corrected chi connectivity index (χ0v) is 18.6. The fourth-order valence-electron chi connectivity index (χ4n) is 3.97. The minimum absolute atomic E-state index is 0.141. The summed E-state index contributed by atoms with van der Waals surface area (Å²) >= 11 is 0. The second-order valence-electron chi connectivity index (χ2n) is 7.61. The van der Waals surface area contributed by atoms with Crippen LogP contribution in [-0.2, 0) is 13.5 Å². The summed E-state index contributed by atoms with van der Waals surface area (Å²) in [4.78, 5) is 15.2. The molecule has 0 saturated heterocycles. The number of hydrogen-bond acceptors (Lipinski definition) is 4. The van der Waals surface area contributed by atoms with E-state index in [1.165, 1.54) is 5.56 Å². The lowest BCUT2D eigenvalue weighted by Gasteiger charge is -2.30. The quantitative estimate of drug-likeness (QED) is 0.570. The van der Waals surface area contributed by atoms with Crippen molar-refractivity contribution in [3.8, 4) is 11.3 Å². The first-order valence-electron chi connectivity index (χ1n) is 10.6. The van der Waals surface area contributed by atoms with Gasteiger partial charge in [0.15, 0.2) is 0 Å². The molecular weight excluding hydrogens is 376 g/mol. The molecule has 0 radical (unpaired) electrons. The largest absolute Gasteiger partial charge is 0.349 e. The maximum absolute atomic E-state index is 12.8. The van der Waals surface area contributed by atoms with Gasteiger partial charge in [-0.3, -0.25) is 19.5 Å². The molecule has 0 aliphatic carbocycles. The first-order chi connectivity index (χ1) is 14.4. The molecule has 160 valence electrons. The number of aryl methyl sites for hydroxylation is 2. The van der Waals surface area contributed by atoms with E-state index in [0.29, 0.717) is 12.2 Å². The van der Waals surface area contributed by atoms with Crippen molar-refractivity contribution in [3.63, 3.8) is 0 Å². The van der Waals surface area contributed by atoms with Crippen molar-refractivity contribution in [2.24, 2.45) is 7.05 Å². The van der Waals surface area contributed by atoms with Crippen LogP contribution in [0.1, 0.15) is 41.3 Å². The van der Waals surface area contributed by atoms with Crippen molar-refractivity contribution in [3.05, 3.63) is 59.0 Å². The second-order valence-corrected chi connectivity index (χ2v) is 7.61. The van der Waals surface area contributed by atoms with Gasteiger partial charge >= 0.3 is 0 Å². The number of likely N-dealkylation sites (N-methyl/N-ethyl adjacent to an activating group) is 1. The number of amides is 1. The molecule has 1 aromatic carbocycles. The number of aromatic amines is 1. The van der Waals surface area contributed by atoms with Crippen LogP contribution in [0.25, 0.3) is 11.3 Å². The lowest BCUT2D eigenvalue weighted by atomic mass is 10.0. The van der Waals surface area contributed by atoms with E-state index in [9.17, 15) is 4.79 Å². The van der Waals surface area contributed by atoms with Gasteiger partial charge in [0.1, 0.15) is 5.69 Å². The van der Waals surface area contributed by atoms with Crippen LogP contribution in [0.4, 0.5) is 0 Å². The van der Waals surface area contributed by atoms with Gasteiger partial charge in [0, 0.05) is 30.9 Å². The highest BCUT2D eigenvalue weighted by Crippen LogP contribution is 2.25. The lowest BCUT2D eigenvalue weighted by molar-refractivity contribution is 0.0929. The maximum atomic E-state index is 12.8. The number of rotatable bonds is 9. The molecule has 1 unspecified atom stereocenters. The predicted molar refractivity (Wildman–Crippen MR) is 119 cm³/mol. The van der Waals surface area contributed by atoms with Gasteiger partial charge in [-0.2, -0.15) is 10.2 Å². The van der Waals surface area contributed by atoms with E-state index in [0.717, 1.165) is 42.2 Å². The number of H-pyrrole nitrogens is 1. The summed E-state index contributed by atoms with van der Waals surface area (Å²) in [6, 6.07) is 12.4. The average Bonchev–Trinajstić information content (AvgIpc) is 3.31. The van der Waals surface area contributed by atoms with Gasteiger partial charge in [-0.25, -0.2) is 0 Å². The second kappa shape index (κ2) is 9.71. The van der Waals surface area contributed by atoms with Crippen molar-refractivity contribution >= 4 is 5.91 Å². The molecule has 3 aromatic rings. The standard InChI is InChI=1S/C23H32N6O/c1-6-29(7-2)19(13-18-11-9-8-10-12-18)15-24-23(30)21-14-20(25-26-21)22-16(3)27-28(5)17(22)4/h8-12,14,19H,6-7,13,15H2,1-5H3,(H,24,30)(H,25,26). The van der Waals surface area contributed by atoms with Gasteiger partial charge in [-0.15, -0.1) is 0 Å². The van der Waals surface area contributed by atoms with Gasteiger partial charge in [0.25, 0.3) is 5.91 Å². The highest BCUT2D eigenvalue weighted by atomic mass is 16.1. The number of aromatic nitrogens is 4. The molecule has 2 heterocycles. The monoisotopic (exact) mass is 408 g/mol. The van der Waals surface area contributed by atoms with Crippen LogP contribution in [0.3, 0.4) is 0 Å². The topological polar surface area (TPSA) is 78.8 Å². The molecule has 0 spiro atoms. The SMILES string of the molecule is CCN(CC)C(CNC(=O)c1cc(-c2c(C)nn(C)c2C)n[nH]1)Cc1ccccc1. The van der Waals surface area contributed by atoms with E-state index in [2.05, 4.69) is 63.6 Å². The molecule has 0 aliphatic heterocycles. The Morgan fingerprint density at radius 3 is 2.50 bits per heavy atom. The van der Waals surface area contributed by atoms with Gasteiger partial charge in [-0.05, 0) is 45.0 Å². The molecular formula is C23H32N6O. The molecule has 30 heavy (non-hydrogen) atoms. The van der Waals surface area contributed by atoms with Gasteiger partial charge < -0.3 is 5.32 Å². The zero-order chi connectivity index (χ0) is 21.7. The summed E-state index contributed by atoms with van der Waals surface area (Å²) in [6.45, 7) is 10.7. The Morgan fingerprint density at radius 2 is 1.90 bits per heavy atom. The predicted octanol–water partition coefficient (Wildman–Crippen LogP) is 3.11. The minimum atomic E-state index is -0.141. The first-order valence-corrected chi connectivity index (χ1v) is 10.6. The molecule has 0 aliphatic rings. The van der Waals surface area contributed by atoms with Gasteiger partial charge in [-0.1, -0.05) is 44.2 Å². The van der Waals surface area contributed by atoms with E-state index in [4.69, 9.17) is 0 Å². The van der Waals surface area contributed by atoms with Crippen molar-refractivity contribution in [1.82, 2.24) is 30.2 Å². The van der Waals surface area contributed by atoms with Crippen LogP contribution in [-0.4, -0.2) is 56.5 Å². The molecule has 7 heteroatoms. The van der Waals surface area contributed by atoms with E-state index in [-0.39, 0.29) is 11.9 Å². The van der Waals surface area contributed by atoms with E-state index in [1.807, 2.05) is 31.6 Å². The van der Waals surface area contributed by atoms with Crippen LogP contribution in [0, 0.1) is 13.8 Å². The van der Waals surface area contributed by atoms with Crippen LogP contribution in [0.5, 0.6) is 0 Å². The average molecular weight is 409 g/mol. The summed E-state index contributed by atoms with van der Waals surface area (Å²) in [5, 5.41) is 14.8. The Balaban J connectivity index is 1.70. The fraction of sp³-hybridized carbons (Fsp3) is 0.435. The normalized spacial score (nSPS) is 12.3. The van der Waals surface area contributed by atoms with Crippen LogP contribution in [0.2, 0.25) is 0 Å². The number of hydrogen-bond donors (Lipinski definition) is 2. The maximum Gasteiger partial charge on any atom is 0.269 e. The summed E-state index contributed by atoms with van der Waals surface area (Å²) in [6.07, 6.45) is 0.894. The molecule has 1 atom stereocenters.